The Morgan fingerprint density at radius 3 is 2.42 bits per heavy atom. The van der Waals surface area contributed by atoms with Crippen molar-refractivity contribution in [2.45, 2.75) is 13.8 Å². The first-order valence-corrected chi connectivity index (χ1v) is 6.64. The first-order valence-electron chi connectivity index (χ1n) is 5.84. The van der Waals surface area contributed by atoms with Crippen LogP contribution in [0.2, 0.25) is 0 Å². The third-order valence-corrected chi connectivity index (χ3v) is 3.76. The maximum Gasteiger partial charge on any atom is 0.255 e. The molecule has 0 fully saturated rings. The third-order valence-electron chi connectivity index (χ3n) is 2.90. The molecule has 2 N–H and O–H groups in total. The van der Waals surface area contributed by atoms with Crippen molar-refractivity contribution in [3.05, 3.63) is 57.6 Å². The van der Waals surface area contributed by atoms with Gasteiger partial charge in [-0.15, -0.1) is 0 Å². The van der Waals surface area contributed by atoms with E-state index in [0.29, 0.717) is 11.3 Å². The fourth-order valence-electron chi connectivity index (χ4n) is 1.62. The zero-order valence-corrected chi connectivity index (χ0v) is 12.3. The van der Waals surface area contributed by atoms with Crippen molar-refractivity contribution in [1.82, 2.24) is 0 Å². The number of anilines is 1. The Labute approximate surface area is 120 Å². The Hall–Kier alpha value is -1.81. The lowest BCUT2D eigenvalue weighted by Gasteiger charge is -2.08. The second-order valence-corrected chi connectivity index (χ2v) is 5.27. The molecule has 0 radical (unpaired) electrons. The molecule has 3 nitrogen and oxygen atoms in total. The number of hydrogen-bond acceptors (Lipinski definition) is 2. The molecule has 19 heavy (non-hydrogen) atoms. The minimum absolute atomic E-state index is 0.123. The van der Waals surface area contributed by atoms with Crippen LogP contribution in [0.4, 0.5) is 5.69 Å². The van der Waals surface area contributed by atoms with Gasteiger partial charge >= 0.3 is 0 Å². The molecule has 4 heteroatoms. The van der Waals surface area contributed by atoms with Crippen LogP contribution in [0.1, 0.15) is 21.5 Å². The SMILES string of the molecule is Cc1ccc(C(=O)Nc2ccc(C)c(Br)c2)cc1O. The molecule has 0 aromatic heterocycles. The van der Waals surface area contributed by atoms with Gasteiger partial charge in [0.15, 0.2) is 0 Å². The number of carbonyl (C=O) groups is 1. The molecule has 0 aliphatic carbocycles. The predicted octanol–water partition coefficient (Wildman–Crippen LogP) is 4.02. The summed E-state index contributed by atoms with van der Waals surface area (Å²) in [7, 11) is 0. The van der Waals surface area contributed by atoms with Crippen LogP contribution in [0.25, 0.3) is 0 Å². The monoisotopic (exact) mass is 319 g/mol. The van der Waals surface area contributed by atoms with Gasteiger partial charge in [-0.25, -0.2) is 0 Å². The summed E-state index contributed by atoms with van der Waals surface area (Å²) in [6.07, 6.45) is 0. The number of nitrogens with one attached hydrogen (secondary N) is 1. The van der Waals surface area contributed by atoms with Crippen molar-refractivity contribution in [1.29, 1.82) is 0 Å². The van der Waals surface area contributed by atoms with Crippen molar-refractivity contribution < 1.29 is 9.90 Å². The summed E-state index contributed by atoms with van der Waals surface area (Å²) in [6, 6.07) is 10.5. The fraction of sp³-hybridized carbons (Fsp3) is 0.133. The molecular weight excluding hydrogens is 306 g/mol. The summed E-state index contributed by atoms with van der Waals surface area (Å²) < 4.78 is 0.942. The van der Waals surface area contributed by atoms with Gasteiger partial charge in [0.1, 0.15) is 5.75 Å². The van der Waals surface area contributed by atoms with E-state index in [4.69, 9.17) is 0 Å². The van der Waals surface area contributed by atoms with Crippen molar-refractivity contribution in [3.8, 4) is 5.75 Å². The highest BCUT2D eigenvalue weighted by molar-refractivity contribution is 9.10. The molecule has 0 aliphatic rings. The first kappa shape index (κ1) is 13.6. The van der Waals surface area contributed by atoms with Crippen LogP contribution in [-0.4, -0.2) is 11.0 Å². The van der Waals surface area contributed by atoms with E-state index in [1.54, 1.807) is 19.1 Å². The van der Waals surface area contributed by atoms with E-state index in [-0.39, 0.29) is 11.7 Å². The number of carbonyl (C=O) groups excluding carboxylic acids is 1. The molecule has 0 spiro atoms. The molecule has 0 unspecified atom stereocenters. The highest BCUT2D eigenvalue weighted by Crippen LogP contribution is 2.22. The van der Waals surface area contributed by atoms with Gasteiger partial charge in [-0.1, -0.05) is 28.1 Å². The molecule has 1 amide bonds. The normalized spacial score (nSPS) is 10.3. The Morgan fingerprint density at radius 1 is 1.11 bits per heavy atom. The van der Waals surface area contributed by atoms with Gasteiger partial charge in [-0.3, -0.25) is 4.79 Å². The zero-order chi connectivity index (χ0) is 14.0. The standard InChI is InChI=1S/C15H14BrNO2/c1-9-4-6-12(8-13(9)16)17-15(19)11-5-3-10(2)14(18)7-11/h3-8,18H,1-2H3,(H,17,19). The lowest BCUT2D eigenvalue weighted by atomic mass is 10.1. The Kier molecular flexibility index (Phi) is 3.90. The summed E-state index contributed by atoms with van der Waals surface area (Å²) in [4.78, 5) is 12.0. The van der Waals surface area contributed by atoms with Crippen LogP contribution in [0.5, 0.6) is 5.75 Å². The maximum absolute atomic E-state index is 12.0. The van der Waals surface area contributed by atoms with Crippen LogP contribution >= 0.6 is 15.9 Å². The number of aromatic hydroxyl groups is 1. The van der Waals surface area contributed by atoms with Gasteiger partial charge in [0, 0.05) is 15.7 Å². The van der Waals surface area contributed by atoms with E-state index in [0.717, 1.165) is 15.6 Å². The number of amides is 1. The van der Waals surface area contributed by atoms with Crippen molar-refractivity contribution >= 4 is 27.5 Å². The van der Waals surface area contributed by atoms with Crippen LogP contribution < -0.4 is 5.32 Å². The van der Waals surface area contributed by atoms with Crippen LogP contribution in [0.3, 0.4) is 0 Å². The number of phenols is 1. The Balaban J connectivity index is 2.20. The van der Waals surface area contributed by atoms with E-state index in [9.17, 15) is 9.90 Å². The smallest absolute Gasteiger partial charge is 0.255 e. The van der Waals surface area contributed by atoms with Gasteiger partial charge in [0.2, 0.25) is 0 Å². The molecule has 98 valence electrons. The molecule has 0 aliphatic heterocycles. The lowest BCUT2D eigenvalue weighted by molar-refractivity contribution is 0.102. The average Bonchev–Trinajstić information content (AvgIpc) is 2.37. The predicted molar refractivity (Wildman–Crippen MR) is 79.7 cm³/mol. The van der Waals surface area contributed by atoms with Crippen molar-refractivity contribution in [2.75, 3.05) is 5.32 Å². The molecule has 2 aromatic rings. The highest BCUT2D eigenvalue weighted by Gasteiger charge is 2.08. The third kappa shape index (κ3) is 3.15. The van der Waals surface area contributed by atoms with Gasteiger partial charge in [-0.05, 0) is 49.2 Å². The number of aryl methyl sites for hydroxylation is 2. The quantitative estimate of drug-likeness (QED) is 0.878. The van der Waals surface area contributed by atoms with Gasteiger partial charge in [0.25, 0.3) is 5.91 Å². The first-order chi connectivity index (χ1) is 8.97. The van der Waals surface area contributed by atoms with Crippen LogP contribution in [0, 0.1) is 13.8 Å². The molecule has 2 aromatic carbocycles. The highest BCUT2D eigenvalue weighted by atomic mass is 79.9. The summed E-state index contributed by atoms with van der Waals surface area (Å²) in [5, 5.41) is 12.4. The van der Waals surface area contributed by atoms with E-state index in [2.05, 4.69) is 21.2 Å². The summed E-state index contributed by atoms with van der Waals surface area (Å²) in [5.41, 5.74) is 2.99. The molecular formula is C15H14BrNO2. The van der Waals surface area contributed by atoms with Crippen molar-refractivity contribution in [3.63, 3.8) is 0 Å². The zero-order valence-electron chi connectivity index (χ0n) is 10.7. The second kappa shape index (κ2) is 5.45. The largest absolute Gasteiger partial charge is 0.508 e. The lowest BCUT2D eigenvalue weighted by Crippen LogP contribution is -2.11. The second-order valence-electron chi connectivity index (χ2n) is 4.42. The Morgan fingerprint density at radius 2 is 1.79 bits per heavy atom. The molecule has 0 heterocycles. The van der Waals surface area contributed by atoms with Crippen molar-refractivity contribution in [2.24, 2.45) is 0 Å². The number of halogens is 1. The molecule has 0 bridgehead atoms. The van der Waals surface area contributed by atoms with Gasteiger partial charge in [-0.2, -0.15) is 0 Å². The minimum atomic E-state index is -0.244. The number of benzene rings is 2. The molecule has 0 atom stereocenters. The van der Waals surface area contributed by atoms with E-state index in [1.165, 1.54) is 6.07 Å². The maximum atomic E-state index is 12.0. The average molecular weight is 320 g/mol. The number of hydrogen-bond donors (Lipinski definition) is 2. The number of rotatable bonds is 2. The molecule has 0 saturated carbocycles. The van der Waals surface area contributed by atoms with Crippen LogP contribution in [-0.2, 0) is 0 Å². The van der Waals surface area contributed by atoms with E-state index in [1.807, 2.05) is 25.1 Å². The van der Waals surface area contributed by atoms with E-state index < -0.39 is 0 Å². The number of phenolic OH excluding ortho intramolecular Hbond substituents is 1. The fourth-order valence-corrected chi connectivity index (χ4v) is 2.00. The van der Waals surface area contributed by atoms with Gasteiger partial charge < -0.3 is 10.4 Å². The van der Waals surface area contributed by atoms with E-state index >= 15 is 0 Å². The molecule has 0 saturated heterocycles. The summed E-state index contributed by atoms with van der Waals surface area (Å²) >= 11 is 3.42. The van der Waals surface area contributed by atoms with Crippen LogP contribution in [0.15, 0.2) is 40.9 Å². The van der Waals surface area contributed by atoms with Gasteiger partial charge in [0.05, 0.1) is 0 Å². The minimum Gasteiger partial charge on any atom is -0.508 e. The Bertz CT molecular complexity index is 638. The summed E-state index contributed by atoms with van der Waals surface area (Å²) in [5.74, 6) is -0.121. The molecule has 2 rings (SSSR count). The summed E-state index contributed by atoms with van der Waals surface area (Å²) in [6.45, 7) is 3.77. The topological polar surface area (TPSA) is 49.3 Å².